The van der Waals surface area contributed by atoms with Crippen LogP contribution in [0.1, 0.15) is 24.4 Å². The van der Waals surface area contributed by atoms with E-state index >= 15 is 0 Å². The van der Waals surface area contributed by atoms with E-state index in [1.54, 1.807) is 12.3 Å². The molecule has 0 fully saturated rings. The summed E-state index contributed by atoms with van der Waals surface area (Å²) in [6.45, 7) is 6.26. The molecule has 0 saturated heterocycles. The van der Waals surface area contributed by atoms with Gasteiger partial charge >= 0.3 is 5.97 Å². The topological polar surface area (TPSA) is 112 Å². The maximum absolute atomic E-state index is 13.3. The lowest BCUT2D eigenvalue weighted by Crippen LogP contribution is -2.27. The van der Waals surface area contributed by atoms with Crippen molar-refractivity contribution in [2.75, 3.05) is 18.5 Å². The number of hydrogen-bond donors (Lipinski definition) is 1. The summed E-state index contributed by atoms with van der Waals surface area (Å²) in [6, 6.07) is 7.57. The Morgan fingerprint density at radius 2 is 1.91 bits per heavy atom. The third-order valence-corrected chi connectivity index (χ3v) is 6.87. The quantitative estimate of drug-likeness (QED) is 0.337. The lowest BCUT2D eigenvalue weighted by Gasteiger charge is -2.07. The first-order valence-electron chi connectivity index (χ1n) is 11.0. The number of amides is 1. The fraction of sp³-hybridized carbons (Fsp3) is 0.292. The lowest BCUT2D eigenvalue weighted by atomic mass is 10.0. The number of carbonyl (C=O) groups is 2. The summed E-state index contributed by atoms with van der Waals surface area (Å²) < 4.78 is 11.7. The number of benzene rings is 1. The molecule has 182 valence electrons. The second kappa shape index (κ2) is 10.8. The Morgan fingerprint density at radius 3 is 2.63 bits per heavy atom. The van der Waals surface area contributed by atoms with Gasteiger partial charge < -0.3 is 14.8 Å². The van der Waals surface area contributed by atoms with Crippen LogP contribution < -0.4 is 15.6 Å². The highest BCUT2D eigenvalue weighted by atomic mass is 32.1. The number of carbonyl (C=O) groups excluding carboxylic acids is 2. The Kier molecular flexibility index (Phi) is 7.57. The number of thiophene rings is 1. The summed E-state index contributed by atoms with van der Waals surface area (Å²) in [4.78, 5) is 47.8. The van der Waals surface area contributed by atoms with E-state index in [4.69, 9.17) is 9.47 Å². The van der Waals surface area contributed by atoms with Gasteiger partial charge in [-0.3, -0.25) is 19.0 Å². The van der Waals surface area contributed by atoms with E-state index < -0.39 is 5.91 Å². The van der Waals surface area contributed by atoms with Crippen molar-refractivity contribution in [3.8, 4) is 16.9 Å². The van der Waals surface area contributed by atoms with Gasteiger partial charge in [0.05, 0.1) is 37.0 Å². The van der Waals surface area contributed by atoms with Gasteiger partial charge in [-0.2, -0.15) is 0 Å². The fourth-order valence-corrected chi connectivity index (χ4v) is 5.33. The molecular formula is C24H24N4O5S2. The number of rotatable bonds is 9. The molecule has 9 nitrogen and oxygen atoms in total. The van der Waals surface area contributed by atoms with Gasteiger partial charge in [0.25, 0.3) is 5.56 Å². The van der Waals surface area contributed by atoms with E-state index in [2.05, 4.69) is 15.3 Å². The first-order chi connectivity index (χ1) is 16.9. The maximum Gasteiger partial charge on any atom is 0.311 e. The Labute approximate surface area is 209 Å². The van der Waals surface area contributed by atoms with Crippen LogP contribution in [0.15, 0.2) is 40.8 Å². The van der Waals surface area contributed by atoms with Gasteiger partial charge in [0.15, 0.2) is 5.13 Å². The first kappa shape index (κ1) is 24.6. The highest BCUT2D eigenvalue weighted by Gasteiger charge is 2.18. The van der Waals surface area contributed by atoms with E-state index in [1.165, 1.54) is 33.6 Å². The number of fused-ring (bicyclic) bond motifs is 1. The van der Waals surface area contributed by atoms with Gasteiger partial charge in [-0.25, -0.2) is 9.97 Å². The van der Waals surface area contributed by atoms with E-state index in [0.717, 1.165) is 21.8 Å². The molecule has 4 rings (SSSR count). The SMILES string of the molecule is CCOC(=O)Cc1csc(NC(=O)Cn2cnc3sc(C)c(-c4ccc(OCC)cc4)c3c2=O)n1. The molecule has 1 N–H and O–H groups in total. The number of aromatic nitrogens is 3. The molecule has 11 heteroatoms. The highest BCUT2D eigenvalue weighted by Crippen LogP contribution is 2.36. The van der Waals surface area contributed by atoms with Crippen LogP contribution in [-0.4, -0.2) is 39.6 Å². The summed E-state index contributed by atoms with van der Waals surface area (Å²) in [6.07, 6.45) is 1.42. The molecule has 1 amide bonds. The summed E-state index contributed by atoms with van der Waals surface area (Å²) in [5.74, 6) is -0.0379. The molecule has 0 saturated carbocycles. The molecule has 0 aliphatic carbocycles. The molecular weight excluding hydrogens is 488 g/mol. The van der Waals surface area contributed by atoms with E-state index in [0.29, 0.717) is 34.3 Å². The molecule has 35 heavy (non-hydrogen) atoms. The van der Waals surface area contributed by atoms with Crippen LogP contribution in [0.3, 0.4) is 0 Å². The van der Waals surface area contributed by atoms with Crippen LogP contribution in [0, 0.1) is 6.92 Å². The van der Waals surface area contributed by atoms with Crippen molar-refractivity contribution in [2.24, 2.45) is 0 Å². The number of nitrogens with one attached hydrogen (secondary N) is 1. The zero-order valence-corrected chi connectivity index (χ0v) is 21.1. The van der Waals surface area contributed by atoms with Gasteiger partial charge in [0.1, 0.15) is 17.1 Å². The first-order valence-corrected chi connectivity index (χ1v) is 12.7. The third kappa shape index (κ3) is 5.57. The molecule has 3 aromatic heterocycles. The summed E-state index contributed by atoms with van der Waals surface area (Å²) >= 11 is 2.64. The molecule has 0 aliphatic heterocycles. The summed E-state index contributed by atoms with van der Waals surface area (Å²) in [5.41, 5.74) is 1.91. The number of esters is 1. The molecule has 0 radical (unpaired) electrons. The van der Waals surface area contributed by atoms with Crippen LogP contribution in [0.2, 0.25) is 0 Å². The van der Waals surface area contributed by atoms with Gasteiger partial charge in [-0.1, -0.05) is 12.1 Å². The van der Waals surface area contributed by atoms with Crippen molar-refractivity contribution >= 4 is 49.9 Å². The molecule has 0 aliphatic rings. The summed E-state index contributed by atoms with van der Waals surface area (Å²) in [5, 5.41) is 5.19. The average molecular weight is 513 g/mol. The molecule has 3 heterocycles. The van der Waals surface area contributed by atoms with Crippen molar-refractivity contribution < 1.29 is 19.1 Å². The van der Waals surface area contributed by atoms with E-state index in [-0.39, 0.29) is 24.5 Å². The van der Waals surface area contributed by atoms with Crippen LogP contribution in [0.25, 0.3) is 21.3 Å². The van der Waals surface area contributed by atoms with Gasteiger partial charge in [0.2, 0.25) is 5.91 Å². The van der Waals surface area contributed by atoms with Crippen molar-refractivity contribution in [3.05, 3.63) is 56.9 Å². The van der Waals surface area contributed by atoms with E-state index in [9.17, 15) is 14.4 Å². The second-order valence-corrected chi connectivity index (χ2v) is 9.58. The van der Waals surface area contributed by atoms with E-state index in [1.807, 2.05) is 38.1 Å². The van der Waals surface area contributed by atoms with Crippen molar-refractivity contribution in [1.82, 2.24) is 14.5 Å². The zero-order valence-electron chi connectivity index (χ0n) is 19.5. The molecule has 0 spiro atoms. The number of hydrogen-bond acceptors (Lipinski definition) is 9. The zero-order chi connectivity index (χ0) is 24.9. The number of thiazole rings is 1. The minimum Gasteiger partial charge on any atom is -0.494 e. The van der Waals surface area contributed by atoms with Crippen LogP contribution in [0.5, 0.6) is 5.75 Å². The monoisotopic (exact) mass is 512 g/mol. The molecule has 0 unspecified atom stereocenters. The molecule has 1 aromatic carbocycles. The average Bonchev–Trinajstić information content (AvgIpc) is 3.40. The van der Waals surface area contributed by atoms with Gasteiger partial charge in [0, 0.05) is 15.8 Å². The van der Waals surface area contributed by atoms with Crippen LogP contribution in [0.4, 0.5) is 5.13 Å². The molecule has 0 bridgehead atoms. The van der Waals surface area contributed by atoms with Crippen LogP contribution in [-0.2, 0) is 27.3 Å². The highest BCUT2D eigenvalue weighted by molar-refractivity contribution is 7.19. The Hall–Kier alpha value is -3.57. The van der Waals surface area contributed by atoms with Crippen LogP contribution >= 0.6 is 22.7 Å². The third-order valence-electron chi connectivity index (χ3n) is 5.05. The standard InChI is InChI=1S/C24H24N4O5S2/c1-4-32-17-8-6-15(7-9-17)20-14(3)35-22-21(20)23(31)28(13-25-22)11-18(29)27-24-26-16(12-34-24)10-19(30)33-5-2/h6-9,12-13H,4-5,10-11H2,1-3H3,(H,26,27,29). The van der Waals surface area contributed by atoms with Crippen molar-refractivity contribution in [1.29, 1.82) is 0 Å². The fourth-order valence-electron chi connectivity index (χ4n) is 3.60. The summed E-state index contributed by atoms with van der Waals surface area (Å²) in [7, 11) is 0. The Morgan fingerprint density at radius 1 is 1.14 bits per heavy atom. The second-order valence-electron chi connectivity index (χ2n) is 7.52. The predicted octanol–water partition coefficient (Wildman–Crippen LogP) is 4.03. The van der Waals surface area contributed by atoms with Crippen molar-refractivity contribution in [2.45, 2.75) is 33.7 Å². The lowest BCUT2D eigenvalue weighted by molar-refractivity contribution is -0.142. The maximum atomic E-state index is 13.3. The molecule has 4 aromatic rings. The Bertz CT molecular complexity index is 1420. The number of ether oxygens (including phenoxy) is 2. The van der Waals surface area contributed by atoms with Gasteiger partial charge in [-0.05, 0) is 38.5 Å². The number of aryl methyl sites for hydroxylation is 1. The minimum absolute atomic E-state index is 0.0338. The molecule has 0 atom stereocenters. The van der Waals surface area contributed by atoms with Gasteiger partial charge in [-0.15, -0.1) is 22.7 Å². The van der Waals surface area contributed by atoms with Crippen molar-refractivity contribution in [3.63, 3.8) is 0 Å². The predicted molar refractivity (Wildman–Crippen MR) is 136 cm³/mol. The number of nitrogens with zero attached hydrogens (tertiary/aromatic N) is 3. The smallest absolute Gasteiger partial charge is 0.311 e. The number of anilines is 1. The largest absolute Gasteiger partial charge is 0.494 e. The Balaban J connectivity index is 1.54. The normalized spacial score (nSPS) is 10.9. The minimum atomic E-state index is -0.417.